The minimum absolute atomic E-state index is 0. The van der Waals surface area contributed by atoms with Crippen LogP contribution in [0.5, 0.6) is 0 Å². The highest BCUT2D eigenvalue weighted by atomic mass is 127. The Labute approximate surface area is 192 Å². The lowest BCUT2D eigenvalue weighted by molar-refractivity contribution is 0.474. The number of hydrogen-bond donors (Lipinski definition) is 1. The predicted molar refractivity (Wildman–Crippen MR) is 129 cm³/mol. The summed E-state index contributed by atoms with van der Waals surface area (Å²) in [5, 5.41) is 11.6. The summed E-state index contributed by atoms with van der Waals surface area (Å²) in [6, 6.07) is 4.01. The molecule has 0 aliphatic rings. The fraction of sp³-hybridized carbons (Fsp3) is 0.588. The van der Waals surface area contributed by atoms with Crippen molar-refractivity contribution in [1.82, 2.24) is 25.0 Å². The normalized spacial score (nSPS) is 11.3. The first-order valence-electron chi connectivity index (χ1n) is 8.73. The van der Waals surface area contributed by atoms with Gasteiger partial charge < -0.3 is 14.8 Å². The summed E-state index contributed by atoms with van der Waals surface area (Å²) in [6.45, 7) is 5.30. The standard InChI is InChI=1S/C17H27ClN6S2.HI/c1-4-16-22-21-13-24(16)10-9-20-17(19-8-5-11-25-3)23(2)12-14-6-7-15(18)26-14;/h6-7,13H,4-5,8-12H2,1-3H3,(H,19,20);1H. The second-order valence-electron chi connectivity index (χ2n) is 5.83. The van der Waals surface area contributed by atoms with Gasteiger partial charge in [-0.2, -0.15) is 11.8 Å². The zero-order chi connectivity index (χ0) is 18.8. The molecule has 152 valence electrons. The summed E-state index contributed by atoms with van der Waals surface area (Å²) >= 11 is 9.51. The quantitative estimate of drug-likeness (QED) is 0.213. The number of hydrogen-bond acceptors (Lipinski definition) is 5. The third-order valence-corrected chi connectivity index (χ3v) is 5.71. The number of rotatable bonds is 10. The van der Waals surface area contributed by atoms with Gasteiger partial charge in [0.1, 0.15) is 12.2 Å². The number of thioether (sulfide) groups is 1. The first-order valence-corrected chi connectivity index (χ1v) is 11.3. The average molecular weight is 543 g/mol. The molecule has 10 heteroatoms. The summed E-state index contributed by atoms with van der Waals surface area (Å²) < 4.78 is 2.90. The number of aromatic nitrogens is 3. The SMILES string of the molecule is CCc1nncn1CCNC(=NCCCSC)N(C)Cc1ccc(Cl)s1.I. The molecule has 0 aromatic carbocycles. The zero-order valence-electron chi connectivity index (χ0n) is 16.0. The van der Waals surface area contributed by atoms with Crippen LogP contribution >= 0.6 is 58.7 Å². The maximum absolute atomic E-state index is 6.05. The third kappa shape index (κ3) is 8.57. The summed E-state index contributed by atoms with van der Waals surface area (Å²) in [5.41, 5.74) is 0. The van der Waals surface area contributed by atoms with Crippen LogP contribution in [0.2, 0.25) is 4.34 Å². The Morgan fingerprint density at radius 1 is 1.44 bits per heavy atom. The molecule has 0 spiro atoms. The van der Waals surface area contributed by atoms with E-state index < -0.39 is 0 Å². The van der Waals surface area contributed by atoms with E-state index in [0.717, 1.165) is 60.9 Å². The molecule has 0 fully saturated rings. The Morgan fingerprint density at radius 3 is 2.93 bits per heavy atom. The Hall–Kier alpha value is -0.520. The van der Waals surface area contributed by atoms with Crippen molar-refractivity contribution >= 4 is 64.6 Å². The van der Waals surface area contributed by atoms with E-state index in [9.17, 15) is 0 Å². The number of halogens is 2. The van der Waals surface area contributed by atoms with Crippen molar-refractivity contribution in [2.75, 3.05) is 32.1 Å². The van der Waals surface area contributed by atoms with Crippen molar-refractivity contribution in [1.29, 1.82) is 0 Å². The minimum atomic E-state index is 0. The van der Waals surface area contributed by atoms with E-state index in [-0.39, 0.29) is 24.0 Å². The van der Waals surface area contributed by atoms with Gasteiger partial charge in [-0.15, -0.1) is 45.5 Å². The molecule has 0 saturated heterocycles. The van der Waals surface area contributed by atoms with Crippen molar-refractivity contribution in [2.24, 2.45) is 4.99 Å². The smallest absolute Gasteiger partial charge is 0.194 e. The van der Waals surface area contributed by atoms with Crippen LogP contribution in [0.15, 0.2) is 23.5 Å². The topological polar surface area (TPSA) is 58.3 Å². The van der Waals surface area contributed by atoms with Gasteiger partial charge in [0.2, 0.25) is 0 Å². The highest BCUT2D eigenvalue weighted by Crippen LogP contribution is 2.22. The molecule has 27 heavy (non-hydrogen) atoms. The van der Waals surface area contributed by atoms with Gasteiger partial charge in [-0.05, 0) is 30.6 Å². The van der Waals surface area contributed by atoms with Crippen molar-refractivity contribution in [3.63, 3.8) is 0 Å². The molecule has 2 aromatic heterocycles. The van der Waals surface area contributed by atoms with E-state index in [1.165, 1.54) is 4.88 Å². The second kappa shape index (κ2) is 13.6. The predicted octanol–water partition coefficient (Wildman–Crippen LogP) is 4.00. The molecule has 0 unspecified atom stereocenters. The van der Waals surface area contributed by atoms with E-state index in [0.29, 0.717) is 0 Å². The molecule has 2 heterocycles. The van der Waals surface area contributed by atoms with Crippen LogP contribution in [0.25, 0.3) is 0 Å². The molecule has 1 N–H and O–H groups in total. The number of aryl methyl sites for hydroxylation is 1. The summed E-state index contributed by atoms with van der Waals surface area (Å²) in [5.74, 6) is 3.05. The molecule has 0 aliphatic carbocycles. The van der Waals surface area contributed by atoms with Crippen LogP contribution in [-0.4, -0.2) is 57.8 Å². The number of guanidine groups is 1. The number of aliphatic imine (C=N–C) groups is 1. The van der Waals surface area contributed by atoms with Crippen molar-refractivity contribution in [3.8, 4) is 0 Å². The number of nitrogens with one attached hydrogen (secondary N) is 1. The molecule has 0 aliphatic heterocycles. The van der Waals surface area contributed by atoms with E-state index in [1.807, 2.05) is 17.8 Å². The zero-order valence-corrected chi connectivity index (χ0v) is 20.7. The molecule has 2 rings (SSSR count). The van der Waals surface area contributed by atoms with Gasteiger partial charge in [0.05, 0.1) is 10.9 Å². The van der Waals surface area contributed by atoms with Crippen LogP contribution < -0.4 is 5.32 Å². The fourth-order valence-electron chi connectivity index (χ4n) is 2.48. The van der Waals surface area contributed by atoms with Crippen molar-refractivity contribution < 1.29 is 0 Å². The Balaban J connectivity index is 0.00000364. The monoisotopic (exact) mass is 542 g/mol. The van der Waals surface area contributed by atoms with Gasteiger partial charge >= 0.3 is 0 Å². The summed E-state index contributed by atoms with van der Waals surface area (Å²) in [4.78, 5) is 8.15. The van der Waals surface area contributed by atoms with Gasteiger partial charge in [0, 0.05) is 38.0 Å². The molecule has 0 radical (unpaired) electrons. The first-order chi connectivity index (χ1) is 12.6. The van der Waals surface area contributed by atoms with Gasteiger partial charge in [-0.3, -0.25) is 4.99 Å². The van der Waals surface area contributed by atoms with E-state index in [1.54, 1.807) is 17.7 Å². The molecule has 0 atom stereocenters. The molecular formula is C17H28ClIN6S2. The molecule has 0 bridgehead atoms. The lowest BCUT2D eigenvalue weighted by Crippen LogP contribution is -2.40. The van der Waals surface area contributed by atoms with E-state index >= 15 is 0 Å². The van der Waals surface area contributed by atoms with E-state index in [4.69, 9.17) is 16.6 Å². The largest absolute Gasteiger partial charge is 0.354 e. The maximum Gasteiger partial charge on any atom is 0.194 e. The molecule has 0 amide bonds. The van der Waals surface area contributed by atoms with Gasteiger partial charge in [-0.1, -0.05) is 18.5 Å². The third-order valence-electron chi connectivity index (χ3n) is 3.80. The lowest BCUT2D eigenvalue weighted by atomic mass is 10.4. The van der Waals surface area contributed by atoms with Crippen LogP contribution in [0.4, 0.5) is 0 Å². The van der Waals surface area contributed by atoms with Crippen LogP contribution in [0.3, 0.4) is 0 Å². The number of thiophene rings is 1. The van der Waals surface area contributed by atoms with Crippen LogP contribution in [-0.2, 0) is 19.5 Å². The lowest BCUT2D eigenvalue weighted by Gasteiger charge is -2.22. The van der Waals surface area contributed by atoms with Gasteiger partial charge in [0.15, 0.2) is 5.96 Å². The van der Waals surface area contributed by atoms with Crippen LogP contribution in [0.1, 0.15) is 24.0 Å². The Bertz CT molecular complexity index is 691. The second-order valence-corrected chi connectivity index (χ2v) is 8.62. The molecule has 0 saturated carbocycles. The fourth-order valence-corrected chi connectivity index (χ4v) is 4.04. The molecule has 2 aromatic rings. The Morgan fingerprint density at radius 2 is 2.26 bits per heavy atom. The van der Waals surface area contributed by atoms with Crippen molar-refractivity contribution in [3.05, 3.63) is 33.5 Å². The van der Waals surface area contributed by atoms with E-state index in [2.05, 4.69) is 51.3 Å². The summed E-state index contributed by atoms with van der Waals surface area (Å²) in [7, 11) is 2.06. The first kappa shape index (κ1) is 24.5. The highest BCUT2D eigenvalue weighted by Gasteiger charge is 2.09. The highest BCUT2D eigenvalue weighted by molar-refractivity contribution is 14.0. The van der Waals surface area contributed by atoms with Crippen LogP contribution in [0, 0.1) is 0 Å². The number of nitrogens with zero attached hydrogens (tertiary/aromatic N) is 5. The molecule has 6 nitrogen and oxygen atoms in total. The summed E-state index contributed by atoms with van der Waals surface area (Å²) in [6.07, 6.45) is 5.87. The van der Waals surface area contributed by atoms with Crippen molar-refractivity contribution in [2.45, 2.75) is 32.9 Å². The van der Waals surface area contributed by atoms with Gasteiger partial charge in [0.25, 0.3) is 0 Å². The minimum Gasteiger partial charge on any atom is -0.354 e. The Kier molecular flexibility index (Phi) is 12.4. The van der Waals surface area contributed by atoms with Gasteiger partial charge in [-0.25, -0.2) is 0 Å². The maximum atomic E-state index is 6.05. The molecular weight excluding hydrogens is 515 g/mol. The average Bonchev–Trinajstić information content (AvgIpc) is 3.25.